The van der Waals surface area contributed by atoms with Crippen molar-refractivity contribution in [2.45, 2.75) is 19.8 Å². The lowest BCUT2D eigenvalue weighted by molar-refractivity contribution is 0.102. The highest BCUT2D eigenvalue weighted by Gasteiger charge is 2.17. The summed E-state index contributed by atoms with van der Waals surface area (Å²) in [5.41, 5.74) is 2.81. The Bertz CT molecular complexity index is 1080. The number of hydrogen-bond donors (Lipinski definition) is 1. The van der Waals surface area contributed by atoms with Crippen LogP contribution in [0.5, 0.6) is 11.5 Å². The van der Waals surface area contributed by atoms with Crippen molar-refractivity contribution in [1.82, 2.24) is 10.2 Å². The molecule has 0 bridgehead atoms. The molecule has 0 saturated carbocycles. The topological polar surface area (TPSA) is 76.6 Å². The SMILES string of the molecule is COc1ccc(C(=O)Nc2cccc(-c3ccc(N4CCC(C)CC4)nn3)c2)cc1OC. The molecule has 1 aliphatic rings. The van der Waals surface area contributed by atoms with E-state index in [0.717, 1.165) is 36.1 Å². The van der Waals surface area contributed by atoms with Gasteiger partial charge in [0.15, 0.2) is 17.3 Å². The van der Waals surface area contributed by atoms with Crippen molar-refractivity contribution in [2.75, 3.05) is 37.5 Å². The molecule has 1 aliphatic heterocycles. The van der Waals surface area contributed by atoms with Crippen LogP contribution in [0.25, 0.3) is 11.3 Å². The zero-order chi connectivity index (χ0) is 22.5. The third kappa shape index (κ3) is 4.82. The molecule has 0 aliphatic carbocycles. The van der Waals surface area contributed by atoms with E-state index in [1.54, 1.807) is 32.4 Å². The van der Waals surface area contributed by atoms with Crippen LogP contribution in [-0.2, 0) is 0 Å². The average Bonchev–Trinajstić information content (AvgIpc) is 2.84. The summed E-state index contributed by atoms with van der Waals surface area (Å²) in [4.78, 5) is 15.0. The summed E-state index contributed by atoms with van der Waals surface area (Å²) < 4.78 is 10.5. The summed E-state index contributed by atoms with van der Waals surface area (Å²) in [5, 5.41) is 11.8. The van der Waals surface area contributed by atoms with Gasteiger partial charge in [-0.2, -0.15) is 0 Å². The third-order valence-corrected chi connectivity index (χ3v) is 5.82. The second-order valence-corrected chi connectivity index (χ2v) is 8.05. The van der Waals surface area contributed by atoms with Gasteiger partial charge in [0.05, 0.1) is 19.9 Å². The smallest absolute Gasteiger partial charge is 0.255 e. The molecule has 3 aromatic rings. The molecule has 7 nitrogen and oxygen atoms in total. The molecule has 0 atom stereocenters. The number of carbonyl (C=O) groups is 1. The van der Waals surface area contributed by atoms with Crippen molar-refractivity contribution in [3.8, 4) is 22.8 Å². The zero-order valence-corrected chi connectivity index (χ0v) is 18.7. The van der Waals surface area contributed by atoms with Gasteiger partial charge in [0, 0.05) is 29.9 Å². The number of hydrogen-bond acceptors (Lipinski definition) is 6. The van der Waals surface area contributed by atoms with E-state index in [9.17, 15) is 4.79 Å². The molecule has 1 aromatic heterocycles. The van der Waals surface area contributed by atoms with Gasteiger partial charge in [0.1, 0.15) is 0 Å². The number of ether oxygens (including phenoxy) is 2. The van der Waals surface area contributed by atoms with Gasteiger partial charge in [-0.1, -0.05) is 19.1 Å². The van der Waals surface area contributed by atoms with Gasteiger partial charge in [-0.05, 0) is 61.2 Å². The predicted molar refractivity (Wildman–Crippen MR) is 126 cm³/mol. The maximum Gasteiger partial charge on any atom is 0.255 e. The van der Waals surface area contributed by atoms with Gasteiger partial charge < -0.3 is 19.7 Å². The first-order chi connectivity index (χ1) is 15.6. The summed E-state index contributed by atoms with van der Waals surface area (Å²) in [6.07, 6.45) is 2.37. The highest BCUT2D eigenvalue weighted by atomic mass is 16.5. The molecule has 1 amide bonds. The Morgan fingerprint density at radius 1 is 0.969 bits per heavy atom. The summed E-state index contributed by atoms with van der Waals surface area (Å²) in [6, 6.07) is 16.7. The van der Waals surface area contributed by atoms with Crippen LogP contribution in [0, 0.1) is 5.92 Å². The maximum atomic E-state index is 12.7. The lowest BCUT2D eigenvalue weighted by atomic mass is 9.99. The monoisotopic (exact) mass is 432 g/mol. The number of nitrogens with one attached hydrogen (secondary N) is 1. The zero-order valence-electron chi connectivity index (χ0n) is 18.7. The van der Waals surface area contributed by atoms with Crippen LogP contribution in [0.3, 0.4) is 0 Å². The normalized spacial score (nSPS) is 14.2. The minimum absolute atomic E-state index is 0.233. The number of amides is 1. The Balaban J connectivity index is 1.47. The largest absolute Gasteiger partial charge is 0.493 e. The highest BCUT2D eigenvalue weighted by molar-refractivity contribution is 6.04. The van der Waals surface area contributed by atoms with Crippen molar-refractivity contribution >= 4 is 17.4 Å². The van der Waals surface area contributed by atoms with Crippen LogP contribution in [0.2, 0.25) is 0 Å². The van der Waals surface area contributed by atoms with Crippen LogP contribution in [-0.4, -0.2) is 43.4 Å². The molecular weight excluding hydrogens is 404 g/mol. The third-order valence-electron chi connectivity index (χ3n) is 5.82. The molecule has 1 N–H and O–H groups in total. The lowest BCUT2D eigenvalue weighted by Gasteiger charge is -2.30. The van der Waals surface area contributed by atoms with Crippen LogP contribution < -0.4 is 19.7 Å². The Morgan fingerprint density at radius 3 is 2.44 bits per heavy atom. The Morgan fingerprint density at radius 2 is 1.75 bits per heavy atom. The van der Waals surface area contributed by atoms with E-state index >= 15 is 0 Å². The second-order valence-electron chi connectivity index (χ2n) is 8.05. The molecular formula is C25H28N4O3. The Labute approximate surface area is 188 Å². The number of carbonyl (C=O) groups excluding carboxylic acids is 1. The predicted octanol–water partition coefficient (Wildman–Crippen LogP) is 4.65. The van der Waals surface area contributed by atoms with Crippen molar-refractivity contribution in [3.63, 3.8) is 0 Å². The van der Waals surface area contributed by atoms with Crippen molar-refractivity contribution in [1.29, 1.82) is 0 Å². The van der Waals surface area contributed by atoms with Gasteiger partial charge in [-0.15, -0.1) is 10.2 Å². The fraction of sp³-hybridized carbons (Fsp3) is 0.320. The standard InChI is InChI=1S/C25H28N4O3/c1-17-11-13-29(14-12-17)24-10-8-21(27-28-24)18-5-4-6-20(15-18)26-25(30)19-7-9-22(31-2)23(16-19)32-3/h4-10,15-17H,11-14H2,1-3H3,(H,26,30). The number of nitrogens with zero attached hydrogens (tertiary/aromatic N) is 3. The molecule has 32 heavy (non-hydrogen) atoms. The molecule has 1 fully saturated rings. The molecule has 0 spiro atoms. The maximum absolute atomic E-state index is 12.7. The van der Waals surface area contributed by atoms with Crippen LogP contribution in [0.1, 0.15) is 30.1 Å². The molecule has 7 heteroatoms. The van der Waals surface area contributed by atoms with E-state index in [0.29, 0.717) is 22.7 Å². The second kappa shape index (κ2) is 9.68. The van der Waals surface area contributed by atoms with Gasteiger partial charge >= 0.3 is 0 Å². The number of methoxy groups -OCH3 is 2. The fourth-order valence-corrected chi connectivity index (χ4v) is 3.82. The number of aromatic nitrogens is 2. The van der Waals surface area contributed by atoms with Crippen LogP contribution in [0.4, 0.5) is 11.5 Å². The number of benzene rings is 2. The van der Waals surface area contributed by atoms with E-state index in [4.69, 9.17) is 9.47 Å². The first-order valence-corrected chi connectivity index (χ1v) is 10.8. The summed E-state index contributed by atoms with van der Waals surface area (Å²) in [7, 11) is 3.10. The molecule has 166 valence electrons. The molecule has 4 rings (SSSR count). The quantitative estimate of drug-likeness (QED) is 0.611. The number of rotatable bonds is 6. The Hall–Kier alpha value is -3.61. The van der Waals surface area contributed by atoms with E-state index in [1.165, 1.54) is 12.8 Å². The first kappa shape index (κ1) is 21.6. The van der Waals surface area contributed by atoms with Gasteiger partial charge in [-0.25, -0.2) is 0 Å². The molecule has 1 saturated heterocycles. The molecule has 2 aromatic carbocycles. The van der Waals surface area contributed by atoms with Crippen molar-refractivity contribution < 1.29 is 14.3 Å². The summed E-state index contributed by atoms with van der Waals surface area (Å²) in [6.45, 7) is 4.34. The van der Waals surface area contributed by atoms with Gasteiger partial charge in [0.25, 0.3) is 5.91 Å². The van der Waals surface area contributed by atoms with E-state index < -0.39 is 0 Å². The van der Waals surface area contributed by atoms with Crippen molar-refractivity contribution in [2.24, 2.45) is 5.92 Å². The van der Waals surface area contributed by atoms with Crippen LogP contribution >= 0.6 is 0 Å². The molecule has 2 heterocycles. The lowest BCUT2D eigenvalue weighted by Crippen LogP contribution is -2.33. The van der Waals surface area contributed by atoms with E-state index in [1.807, 2.05) is 36.4 Å². The van der Waals surface area contributed by atoms with Gasteiger partial charge in [0.2, 0.25) is 0 Å². The van der Waals surface area contributed by atoms with Gasteiger partial charge in [-0.3, -0.25) is 4.79 Å². The van der Waals surface area contributed by atoms with Crippen molar-refractivity contribution in [3.05, 3.63) is 60.2 Å². The van der Waals surface area contributed by atoms with E-state index in [2.05, 4.69) is 27.3 Å². The number of piperidine rings is 1. The van der Waals surface area contributed by atoms with E-state index in [-0.39, 0.29) is 5.91 Å². The minimum Gasteiger partial charge on any atom is -0.493 e. The summed E-state index contributed by atoms with van der Waals surface area (Å²) >= 11 is 0. The minimum atomic E-state index is -0.233. The highest BCUT2D eigenvalue weighted by Crippen LogP contribution is 2.28. The molecule has 0 unspecified atom stereocenters. The van der Waals surface area contributed by atoms with Crippen LogP contribution in [0.15, 0.2) is 54.6 Å². The fourth-order valence-electron chi connectivity index (χ4n) is 3.82. The summed E-state index contributed by atoms with van der Waals surface area (Å²) in [5.74, 6) is 2.54. The average molecular weight is 433 g/mol. The Kier molecular flexibility index (Phi) is 6.54. The first-order valence-electron chi connectivity index (χ1n) is 10.8. The molecule has 0 radical (unpaired) electrons. The number of anilines is 2.